The zero-order valence-electron chi connectivity index (χ0n) is 15.2. The van der Waals surface area contributed by atoms with Crippen molar-refractivity contribution in [3.05, 3.63) is 95.0 Å². The van der Waals surface area contributed by atoms with Gasteiger partial charge in [-0.3, -0.25) is 4.79 Å². The van der Waals surface area contributed by atoms with E-state index in [2.05, 4.69) is 15.5 Å². The molecule has 1 aromatic heterocycles. The molecule has 0 spiro atoms. The molecule has 0 aliphatic heterocycles. The van der Waals surface area contributed by atoms with Gasteiger partial charge in [0.05, 0.1) is 23.0 Å². The van der Waals surface area contributed by atoms with Crippen molar-refractivity contribution < 1.29 is 9.90 Å². The van der Waals surface area contributed by atoms with Gasteiger partial charge in [-0.05, 0) is 54.1 Å². The van der Waals surface area contributed by atoms with Gasteiger partial charge in [-0.15, -0.1) is 0 Å². The summed E-state index contributed by atoms with van der Waals surface area (Å²) < 4.78 is 0. The van der Waals surface area contributed by atoms with Crippen molar-refractivity contribution in [2.24, 2.45) is 5.10 Å². The van der Waals surface area contributed by atoms with Gasteiger partial charge in [-0.2, -0.15) is 5.10 Å². The van der Waals surface area contributed by atoms with Gasteiger partial charge < -0.3 is 5.11 Å². The molecule has 1 heterocycles. The topological polar surface area (TPSA) is 74.6 Å². The van der Waals surface area contributed by atoms with Gasteiger partial charge in [0.2, 0.25) is 0 Å². The Hall–Kier alpha value is -3.70. The Morgan fingerprint density at radius 3 is 2.48 bits per heavy atom. The maximum absolute atomic E-state index is 12.8. The van der Waals surface area contributed by atoms with Gasteiger partial charge in [-0.1, -0.05) is 41.9 Å². The number of nitrogens with one attached hydrogen (secondary N) is 1. The summed E-state index contributed by atoms with van der Waals surface area (Å²) in [4.78, 5) is 17.5. The van der Waals surface area contributed by atoms with E-state index in [4.69, 9.17) is 11.6 Å². The molecule has 142 valence electrons. The fourth-order valence-electron chi connectivity index (χ4n) is 2.92. The first-order valence-corrected chi connectivity index (χ1v) is 9.26. The number of hydrazone groups is 1. The summed E-state index contributed by atoms with van der Waals surface area (Å²) in [6.07, 6.45) is 1.51. The summed E-state index contributed by atoms with van der Waals surface area (Å²) in [5.74, 6) is -0.169. The predicted octanol–water partition coefficient (Wildman–Crippen LogP) is 5.02. The number of benzene rings is 3. The van der Waals surface area contributed by atoms with E-state index in [-0.39, 0.29) is 11.7 Å². The highest BCUT2D eigenvalue weighted by atomic mass is 35.5. The number of nitrogens with zero attached hydrogens (tertiary/aromatic N) is 2. The van der Waals surface area contributed by atoms with Crippen molar-refractivity contribution in [1.82, 2.24) is 10.4 Å². The molecule has 4 aromatic rings. The zero-order valence-corrected chi connectivity index (χ0v) is 16.0. The molecule has 0 unspecified atom stereocenters. The van der Waals surface area contributed by atoms with Gasteiger partial charge >= 0.3 is 0 Å². The van der Waals surface area contributed by atoms with Crippen LogP contribution in [0.1, 0.15) is 15.9 Å². The average molecular weight is 402 g/mol. The van der Waals surface area contributed by atoms with E-state index in [0.717, 1.165) is 16.5 Å². The minimum atomic E-state index is -0.339. The SMILES string of the molecule is O=C(N/N=C\c1ccc(O)cc1)c1cc(-c2ccc(Cl)cc2)nc2ccccc12. The summed E-state index contributed by atoms with van der Waals surface area (Å²) >= 11 is 5.98. The van der Waals surface area contributed by atoms with E-state index in [1.165, 1.54) is 6.21 Å². The molecule has 0 radical (unpaired) electrons. The highest BCUT2D eigenvalue weighted by Gasteiger charge is 2.13. The van der Waals surface area contributed by atoms with Crippen LogP contribution in [0.25, 0.3) is 22.2 Å². The molecule has 5 nitrogen and oxygen atoms in total. The van der Waals surface area contributed by atoms with Crippen LogP contribution < -0.4 is 5.43 Å². The Morgan fingerprint density at radius 1 is 1.00 bits per heavy atom. The molecule has 0 saturated carbocycles. The minimum absolute atomic E-state index is 0.171. The lowest BCUT2D eigenvalue weighted by atomic mass is 10.0. The first-order chi connectivity index (χ1) is 14.1. The molecule has 0 aliphatic rings. The number of rotatable bonds is 4. The van der Waals surface area contributed by atoms with Crippen LogP contribution in [0.4, 0.5) is 0 Å². The number of hydrogen-bond acceptors (Lipinski definition) is 4. The van der Waals surface area contributed by atoms with Crippen LogP contribution in [0.3, 0.4) is 0 Å². The van der Waals surface area contributed by atoms with Gasteiger partial charge in [-0.25, -0.2) is 10.4 Å². The Morgan fingerprint density at radius 2 is 1.72 bits per heavy atom. The number of para-hydroxylation sites is 1. The standard InChI is InChI=1S/C23H16ClN3O2/c24-17-9-7-16(8-10-17)22-13-20(19-3-1-2-4-21(19)26-22)23(29)27-25-14-15-5-11-18(28)12-6-15/h1-14,28H,(H,27,29)/b25-14-. The number of aromatic nitrogens is 1. The van der Waals surface area contributed by atoms with E-state index in [0.29, 0.717) is 21.8 Å². The number of aromatic hydroxyl groups is 1. The smallest absolute Gasteiger partial charge is 0.272 e. The number of carbonyl (C=O) groups excluding carboxylic acids is 1. The van der Waals surface area contributed by atoms with Crippen molar-refractivity contribution in [2.75, 3.05) is 0 Å². The van der Waals surface area contributed by atoms with E-state index in [1.54, 1.807) is 42.5 Å². The first-order valence-electron chi connectivity index (χ1n) is 8.88. The molecule has 0 aliphatic carbocycles. The average Bonchev–Trinajstić information content (AvgIpc) is 2.75. The summed E-state index contributed by atoms with van der Waals surface area (Å²) in [7, 11) is 0. The van der Waals surface area contributed by atoms with E-state index >= 15 is 0 Å². The highest BCUT2D eigenvalue weighted by molar-refractivity contribution is 6.30. The Labute approximate surface area is 172 Å². The number of hydrogen-bond donors (Lipinski definition) is 2. The fraction of sp³-hybridized carbons (Fsp3) is 0. The van der Waals surface area contributed by atoms with Crippen molar-refractivity contribution in [3.63, 3.8) is 0 Å². The summed E-state index contributed by atoms with van der Waals surface area (Å²) in [6, 6.07) is 23.0. The van der Waals surface area contributed by atoms with Gasteiger partial charge in [0, 0.05) is 16.0 Å². The largest absolute Gasteiger partial charge is 0.508 e. The quantitative estimate of drug-likeness (QED) is 0.372. The number of phenols is 1. The zero-order chi connectivity index (χ0) is 20.2. The Kier molecular flexibility index (Phi) is 5.22. The number of fused-ring (bicyclic) bond motifs is 1. The van der Waals surface area contributed by atoms with Crippen molar-refractivity contribution in [3.8, 4) is 17.0 Å². The summed E-state index contributed by atoms with van der Waals surface area (Å²) in [5, 5.41) is 14.7. The molecule has 0 bridgehead atoms. The van der Waals surface area contributed by atoms with Crippen molar-refractivity contribution in [1.29, 1.82) is 0 Å². The lowest BCUT2D eigenvalue weighted by Gasteiger charge is -2.09. The second-order valence-electron chi connectivity index (χ2n) is 6.37. The second kappa shape index (κ2) is 8.12. The Balaban J connectivity index is 1.67. The first kappa shape index (κ1) is 18.7. The van der Waals surface area contributed by atoms with Crippen LogP contribution in [0, 0.1) is 0 Å². The third-order valence-corrected chi connectivity index (χ3v) is 4.63. The molecular formula is C23H16ClN3O2. The predicted molar refractivity (Wildman–Crippen MR) is 115 cm³/mol. The van der Waals surface area contributed by atoms with Crippen LogP contribution in [-0.4, -0.2) is 22.2 Å². The lowest BCUT2D eigenvalue weighted by Crippen LogP contribution is -2.18. The van der Waals surface area contributed by atoms with Gasteiger partial charge in [0.1, 0.15) is 5.75 Å². The number of phenolic OH excluding ortho intramolecular Hbond substituents is 1. The fourth-order valence-corrected chi connectivity index (χ4v) is 3.04. The minimum Gasteiger partial charge on any atom is -0.508 e. The number of pyridine rings is 1. The molecule has 2 N–H and O–H groups in total. The second-order valence-corrected chi connectivity index (χ2v) is 6.81. The van der Waals surface area contributed by atoms with Gasteiger partial charge in [0.25, 0.3) is 5.91 Å². The van der Waals surface area contributed by atoms with E-state index in [1.807, 2.05) is 36.4 Å². The molecule has 6 heteroatoms. The Bertz CT molecular complexity index is 1200. The van der Waals surface area contributed by atoms with Crippen LogP contribution >= 0.6 is 11.6 Å². The number of amides is 1. The van der Waals surface area contributed by atoms with Crippen molar-refractivity contribution in [2.45, 2.75) is 0 Å². The number of carbonyl (C=O) groups is 1. The molecular weight excluding hydrogens is 386 g/mol. The van der Waals surface area contributed by atoms with E-state index < -0.39 is 0 Å². The maximum atomic E-state index is 12.8. The van der Waals surface area contributed by atoms with Crippen LogP contribution in [-0.2, 0) is 0 Å². The maximum Gasteiger partial charge on any atom is 0.272 e. The number of halogens is 1. The molecule has 0 atom stereocenters. The highest BCUT2D eigenvalue weighted by Crippen LogP contribution is 2.26. The van der Waals surface area contributed by atoms with Crippen LogP contribution in [0.5, 0.6) is 5.75 Å². The van der Waals surface area contributed by atoms with Gasteiger partial charge in [0.15, 0.2) is 0 Å². The van der Waals surface area contributed by atoms with Crippen molar-refractivity contribution >= 4 is 34.6 Å². The van der Waals surface area contributed by atoms with Crippen LogP contribution in [0.2, 0.25) is 5.02 Å². The van der Waals surface area contributed by atoms with Crippen LogP contribution in [0.15, 0.2) is 84.0 Å². The molecule has 0 saturated heterocycles. The van der Waals surface area contributed by atoms with E-state index in [9.17, 15) is 9.90 Å². The summed E-state index contributed by atoms with van der Waals surface area (Å²) in [6.45, 7) is 0. The molecule has 1 amide bonds. The lowest BCUT2D eigenvalue weighted by molar-refractivity contribution is 0.0956. The molecule has 0 fully saturated rings. The molecule has 3 aromatic carbocycles. The normalized spacial score (nSPS) is 11.1. The monoisotopic (exact) mass is 401 g/mol. The summed E-state index contributed by atoms with van der Waals surface area (Å²) in [5.41, 5.74) is 6.04. The molecule has 4 rings (SSSR count). The third-order valence-electron chi connectivity index (χ3n) is 4.37. The molecule has 29 heavy (non-hydrogen) atoms. The third kappa shape index (κ3) is 4.25.